The van der Waals surface area contributed by atoms with E-state index in [0.717, 1.165) is 0 Å². The summed E-state index contributed by atoms with van der Waals surface area (Å²) in [5, 5.41) is 1.42. The maximum absolute atomic E-state index is 13.4. The van der Waals surface area contributed by atoms with Gasteiger partial charge in [0.2, 0.25) is 0 Å². The second kappa shape index (κ2) is 5.27. The highest BCUT2D eigenvalue weighted by Crippen LogP contribution is 2.20. The topological polar surface area (TPSA) is 29.5 Å². The molecule has 0 N–H and O–H groups in total. The van der Waals surface area contributed by atoms with Crippen molar-refractivity contribution in [3.8, 4) is 0 Å². The molecule has 0 radical (unpaired) electrons. The van der Waals surface area contributed by atoms with Crippen LogP contribution in [0.4, 0.5) is 4.39 Å². The van der Waals surface area contributed by atoms with Crippen molar-refractivity contribution in [3.05, 3.63) is 35.9 Å². The molecule has 0 spiro atoms. The molecule has 0 aliphatic carbocycles. The van der Waals surface area contributed by atoms with E-state index in [4.69, 9.17) is 4.84 Å². The quantitative estimate of drug-likeness (QED) is 0.791. The Bertz CT molecular complexity index is 382. The lowest BCUT2D eigenvalue weighted by atomic mass is 9.99. The van der Waals surface area contributed by atoms with Crippen molar-refractivity contribution in [3.63, 3.8) is 0 Å². The third-order valence-corrected chi connectivity index (χ3v) is 3.05. The smallest absolute Gasteiger partial charge is 0.357 e. The highest BCUT2D eigenvalue weighted by Gasteiger charge is 2.28. The Morgan fingerprint density at radius 1 is 1.41 bits per heavy atom. The van der Waals surface area contributed by atoms with E-state index in [-0.39, 0.29) is 12.5 Å². The van der Waals surface area contributed by atoms with E-state index < -0.39 is 12.1 Å². The number of halogens is 1. The predicted molar refractivity (Wildman–Crippen MR) is 62.1 cm³/mol. The summed E-state index contributed by atoms with van der Waals surface area (Å²) in [7, 11) is 0. The van der Waals surface area contributed by atoms with E-state index in [1.807, 2.05) is 13.0 Å². The van der Waals surface area contributed by atoms with Crippen molar-refractivity contribution in [1.29, 1.82) is 0 Å². The summed E-state index contributed by atoms with van der Waals surface area (Å²) >= 11 is 0. The summed E-state index contributed by atoms with van der Waals surface area (Å²) in [5.74, 6) is -0.381. The largest absolute Gasteiger partial charge is 0.364 e. The molecule has 2 atom stereocenters. The van der Waals surface area contributed by atoms with Crippen molar-refractivity contribution in [2.75, 3.05) is 13.1 Å². The normalized spacial score (nSPS) is 25.5. The zero-order valence-corrected chi connectivity index (χ0v) is 9.80. The number of hydrogen-bond acceptors (Lipinski definition) is 3. The molecule has 0 bridgehead atoms. The van der Waals surface area contributed by atoms with E-state index in [2.05, 4.69) is 0 Å². The fourth-order valence-electron chi connectivity index (χ4n) is 1.82. The SMILES string of the molecule is CC1CCN(OC(=O)c2ccccc2)CC1F. The van der Waals surface area contributed by atoms with Gasteiger partial charge in [0.15, 0.2) is 0 Å². The number of piperidine rings is 1. The summed E-state index contributed by atoms with van der Waals surface area (Å²) in [5.41, 5.74) is 0.488. The van der Waals surface area contributed by atoms with Gasteiger partial charge in [0.05, 0.1) is 12.1 Å². The molecule has 92 valence electrons. The van der Waals surface area contributed by atoms with Crippen LogP contribution in [0.3, 0.4) is 0 Å². The number of hydroxylamine groups is 2. The second-order valence-corrected chi connectivity index (χ2v) is 4.41. The molecule has 0 amide bonds. The molecule has 1 fully saturated rings. The fraction of sp³-hybridized carbons (Fsp3) is 0.462. The lowest BCUT2D eigenvalue weighted by Crippen LogP contribution is -2.41. The van der Waals surface area contributed by atoms with Gasteiger partial charge in [-0.05, 0) is 24.5 Å². The highest BCUT2D eigenvalue weighted by molar-refractivity contribution is 5.89. The number of hydrogen-bond donors (Lipinski definition) is 0. The van der Waals surface area contributed by atoms with Crippen molar-refractivity contribution in [2.45, 2.75) is 19.5 Å². The van der Waals surface area contributed by atoms with Crippen molar-refractivity contribution in [2.24, 2.45) is 5.92 Å². The molecule has 1 aromatic carbocycles. The molecule has 0 aromatic heterocycles. The van der Waals surface area contributed by atoms with E-state index in [1.54, 1.807) is 24.3 Å². The summed E-state index contributed by atoms with van der Waals surface area (Å²) in [6, 6.07) is 8.74. The number of rotatable bonds is 2. The first-order chi connectivity index (χ1) is 8.16. The van der Waals surface area contributed by atoms with Crippen LogP contribution in [-0.4, -0.2) is 30.3 Å². The fourth-order valence-corrected chi connectivity index (χ4v) is 1.82. The first-order valence-corrected chi connectivity index (χ1v) is 5.83. The van der Waals surface area contributed by atoms with Crippen LogP contribution in [0.5, 0.6) is 0 Å². The molecule has 17 heavy (non-hydrogen) atoms. The number of nitrogens with zero attached hydrogens (tertiary/aromatic N) is 1. The zero-order valence-electron chi connectivity index (χ0n) is 9.80. The molecule has 1 aliphatic heterocycles. The van der Waals surface area contributed by atoms with Gasteiger partial charge < -0.3 is 4.84 Å². The van der Waals surface area contributed by atoms with Crippen LogP contribution in [0, 0.1) is 5.92 Å². The van der Waals surface area contributed by atoms with Crippen molar-refractivity contribution < 1.29 is 14.0 Å². The Morgan fingerprint density at radius 3 is 2.76 bits per heavy atom. The minimum atomic E-state index is -0.924. The number of benzene rings is 1. The summed E-state index contributed by atoms with van der Waals surface area (Å²) < 4.78 is 13.4. The average molecular weight is 237 g/mol. The number of alkyl halides is 1. The van der Waals surface area contributed by atoms with Crippen LogP contribution in [-0.2, 0) is 4.84 Å². The molecule has 4 heteroatoms. The lowest BCUT2D eigenvalue weighted by molar-refractivity contribution is -0.141. The molecular formula is C13H16FNO2. The standard InChI is InChI=1S/C13H16FNO2/c1-10-7-8-15(9-12(10)14)17-13(16)11-5-3-2-4-6-11/h2-6,10,12H,7-9H2,1H3. The minimum Gasteiger partial charge on any atom is -0.364 e. The molecular weight excluding hydrogens is 221 g/mol. The molecule has 1 aromatic rings. The number of carbonyl (C=O) groups excluding carboxylic acids is 1. The minimum absolute atomic E-state index is 0.0432. The molecule has 1 aliphatic rings. The molecule has 2 unspecified atom stereocenters. The van der Waals surface area contributed by atoms with E-state index in [9.17, 15) is 9.18 Å². The average Bonchev–Trinajstić information content (AvgIpc) is 2.35. The maximum Gasteiger partial charge on any atom is 0.357 e. The number of carbonyl (C=O) groups is 1. The van der Waals surface area contributed by atoms with Gasteiger partial charge in [-0.2, -0.15) is 0 Å². The van der Waals surface area contributed by atoms with Gasteiger partial charge in [-0.25, -0.2) is 9.18 Å². The Labute approximate surface area is 100 Å². The van der Waals surface area contributed by atoms with Crippen LogP contribution >= 0.6 is 0 Å². The van der Waals surface area contributed by atoms with Crippen molar-refractivity contribution >= 4 is 5.97 Å². The summed E-state index contributed by atoms with van der Waals surface area (Å²) in [6.07, 6.45) is -0.212. The Kier molecular flexibility index (Phi) is 3.74. The Balaban J connectivity index is 1.92. The van der Waals surface area contributed by atoms with Crippen LogP contribution in [0.25, 0.3) is 0 Å². The molecule has 2 rings (SSSR count). The first kappa shape index (κ1) is 12.0. The second-order valence-electron chi connectivity index (χ2n) is 4.41. The lowest BCUT2D eigenvalue weighted by Gasteiger charge is -2.31. The first-order valence-electron chi connectivity index (χ1n) is 5.83. The molecule has 1 heterocycles. The van der Waals surface area contributed by atoms with Gasteiger partial charge in [0, 0.05) is 6.54 Å². The van der Waals surface area contributed by atoms with E-state index in [1.165, 1.54) is 5.06 Å². The van der Waals surface area contributed by atoms with E-state index >= 15 is 0 Å². The Morgan fingerprint density at radius 2 is 2.12 bits per heavy atom. The van der Waals surface area contributed by atoms with Gasteiger partial charge in [-0.3, -0.25) is 0 Å². The van der Waals surface area contributed by atoms with Crippen LogP contribution in [0.15, 0.2) is 30.3 Å². The van der Waals surface area contributed by atoms with Crippen LogP contribution in [0.2, 0.25) is 0 Å². The van der Waals surface area contributed by atoms with Crippen LogP contribution in [0.1, 0.15) is 23.7 Å². The molecule has 0 saturated carbocycles. The third kappa shape index (κ3) is 3.03. The summed E-state index contributed by atoms with van der Waals surface area (Å²) in [6.45, 7) is 2.64. The van der Waals surface area contributed by atoms with Gasteiger partial charge in [-0.15, -0.1) is 5.06 Å². The Hall–Kier alpha value is -1.42. The van der Waals surface area contributed by atoms with Crippen molar-refractivity contribution in [1.82, 2.24) is 5.06 Å². The zero-order chi connectivity index (χ0) is 12.3. The van der Waals surface area contributed by atoms with Gasteiger partial charge in [0.25, 0.3) is 0 Å². The maximum atomic E-state index is 13.4. The third-order valence-electron chi connectivity index (χ3n) is 3.05. The molecule has 1 saturated heterocycles. The molecule has 3 nitrogen and oxygen atoms in total. The summed E-state index contributed by atoms with van der Waals surface area (Å²) in [4.78, 5) is 16.9. The van der Waals surface area contributed by atoms with Gasteiger partial charge in [-0.1, -0.05) is 25.1 Å². The monoisotopic (exact) mass is 237 g/mol. The van der Waals surface area contributed by atoms with E-state index in [0.29, 0.717) is 18.5 Å². The van der Waals surface area contributed by atoms with Crippen LogP contribution < -0.4 is 0 Å². The highest BCUT2D eigenvalue weighted by atomic mass is 19.1. The van der Waals surface area contributed by atoms with Gasteiger partial charge >= 0.3 is 5.97 Å². The predicted octanol–water partition coefficient (Wildman–Crippen LogP) is 2.44. The van der Waals surface area contributed by atoms with Gasteiger partial charge in [0.1, 0.15) is 6.17 Å².